The number of hydrogen-bond donors (Lipinski definition) is 1. The van der Waals surface area contributed by atoms with Crippen molar-refractivity contribution in [3.63, 3.8) is 0 Å². The zero-order chi connectivity index (χ0) is 25.0. The fourth-order valence-electron chi connectivity index (χ4n) is 6.10. The molecule has 0 aliphatic carbocycles. The van der Waals surface area contributed by atoms with E-state index in [1.165, 1.54) is 24.8 Å². The third-order valence-electron chi connectivity index (χ3n) is 8.00. The van der Waals surface area contributed by atoms with Crippen molar-refractivity contribution in [2.75, 3.05) is 39.3 Å². The van der Waals surface area contributed by atoms with Gasteiger partial charge in [-0.1, -0.05) is 38.5 Å². The number of fused-ring (bicyclic) bond motifs is 2. The van der Waals surface area contributed by atoms with Crippen LogP contribution >= 0.6 is 0 Å². The summed E-state index contributed by atoms with van der Waals surface area (Å²) in [5.41, 5.74) is 4.16. The van der Waals surface area contributed by atoms with Crippen LogP contribution in [0.4, 0.5) is 0 Å². The third-order valence-corrected chi connectivity index (χ3v) is 8.00. The molecule has 1 aromatic heterocycles. The van der Waals surface area contributed by atoms with Gasteiger partial charge in [0.2, 0.25) is 0 Å². The van der Waals surface area contributed by atoms with Gasteiger partial charge >= 0.3 is 0 Å². The van der Waals surface area contributed by atoms with Crippen LogP contribution in [-0.4, -0.2) is 65.0 Å². The molecule has 36 heavy (non-hydrogen) atoms. The number of benzene rings is 2. The third kappa shape index (κ3) is 5.75. The van der Waals surface area contributed by atoms with Gasteiger partial charge in [0.1, 0.15) is 12.4 Å². The first-order valence-corrected chi connectivity index (χ1v) is 13.7. The number of rotatable bonds is 3. The molecule has 2 aliphatic heterocycles. The van der Waals surface area contributed by atoms with E-state index in [9.17, 15) is 4.79 Å². The SMILES string of the molecule is CC(C)CN1CCOc2ccccc2CCCCC2(CCN(C(=O)c3ccc4nc[nH]c4c3)CC2)C1. The Morgan fingerprint density at radius 1 is 1.08 bits per heavy atom. The lowest BCUT2D eigenvalue weighted by Gasteiger charge is -2.45. The zero-order valence-corrected chi connectivity index (χ0v) is 21.8. The Morgan fingerprint density at radius 2 is 1.92 bits per heavy atom. The van der Waals surface area contributed by atoms with Gasteiger partial charge < -0.3 is 14.6 Å². The van der Waals surface area contributed by atoms with Crippen LogP contribution in [0.1, 0.15) is 61.9 Å². The highest BCUT2D eigenvalue weighted by atomic mass is 16.5. The zero-order valence-electron chi connectivity index (χ0n) is 21.8. The second kappa shape index (κ2) is 11.0. The monoisotopic (exact) mass is 488 g/mol. The lowest BCUT2D eigenvalue weighted by Crippen LogP contribution is -2.49. The molecule has 0 saturated carbocycles. The Labute approximate surface area is 215 Å². The Kier molecular flexibility index (Phi) is 7.61. The number of para-hydroxylation sites is 1. The predicted molar refractivity (Wildman–Crippen MR) is 144 cm³/mol. The molecule has 192 valence electrons. The Hall–Kier alpha value is -2.86. The van der Waals surface area contributed by atoms with Crippen molar-refractivity contribution < 1.29 is 9.53 Å². The van der Waals surface area contributed by atoms with Gasteiger partial charge in [-0.25, -0.2) is 4.98 Å². The lowest BCUT2D eigenvalue weighted by atomic mass is 9.73. The second-order valence-corrected chi connectivity index (χ2v) is 11.2. The number of hydrogen-bond acceptors (Lipinski definition) is 4. The Morgan fingerprint density at radius 3 is 2.75 bits per heavy atom. The van der Waals surface area contributed by atoms with Crippen LogP contribution < -0.4 is 4.74 Å². The molecule has 6 nitrogen and oxygen atoms in total. The quantitative estimate of drug-likeness (QED) is 0.525. The van der Waals surface area contributed by atoms with E-state index in [1.807, 2.05) is 18.2 Å². The minimum Gasteiger partial charge on any atom is -0.492 e. The summed E-state index contributed by atoms with van der Waals surface area (Å²) in [7, 11) is 0. The number of imidazole rings is 1. The molecule has 0 radical (unpaired) electrons. The maximum atomic E-state index is 13.3. The summed E-state index contributed by atoms with van der Waals surface area (Å²) in [5.74, 6) is 1.80. The predicted octanol–water partition coefficient (Wildman–Crippen LogP) is 5.55. The standard InChI is InChI=1S/C30H40N4O2/c1-23(2)20-33-17-18-36-28-9-4-3-7-24(28)8-5-6-12-30(21-33)13-15-34(16-14-30)29(35)25-10-11-26-27(19-25)32-22-31-26/h3-4,7,9-11,19,22-23H,5-6,8,12-18,20-21H2,1-2H3,(H,31,32). The Balaban J connectivity index is 1.29. The van der Waals surface area contributed by atoms with Gasteiger partial charge in [-0.2, -0.15) is 0 Å². The first-order valence-electron chi connectivity index (χ1n) is 13.7. The first kappa shape index (κ1) is 24.8. The van der Waals surface area contributed by atoms with Crippen LogP contribution in [0, 0.1) is 11.3 Å². The number of nitrogens with one attached hydrogen (secondary N) is 1. The topological polar surface area (TPSA) is 61.5 Å². The fraction of sp³-hybridized carbons (Fsp3) is 0.533. The minimum absolute atomic E-state index is 0.138. The maximum absolute atomic E-state index is 13.3. The fourth-order valence-corrected chi connectivity index (χ4v) is 6.10. The van der Waals surface area contributed by atoms with Gasteiger partial charge in [0.15, 0.2) is 0 Å². The number of aryl methyl sites for hydroxylation is 1. The van der Waals surface area contributed by atoms with Crippen molar-refractivity contribution in [1.29, 1.82) is 0 Å². The van der Waals surface area contributed by atoms with Crippen LogP contribution in [0.25, 0.3) is 11.0 Å². The number of piperidine rings is 1. The lowest BCUT2D eigenvalue weighted by molar-refractivity contribution is 0.0355. The van der Waals surface area contributed by atoms with Crippen molar-refractivity contribution >= 4 is 16.9 Å². The summed E-state index contributed by atoms with van der Waals surface area (Å²) >= 11 is 0. The number of nitrogens with zero attached hydrogens (tertiary/aromatic N) is 3. The molecular weight excluding hydrogens is 448 g/mol. The molecule has 1 fully saturated rings. The Bertz CT molecular complexity index is 1160. The van der Waals surface area contributed by atoms with Gasteiger partial charge in [0.05, 0.1) is 17.4 Å². The van der Waals surface area contributed by atoms with E-state index in [0.29, 0.717) is 5.92 Å². The van der Waals surface area contributed by atoms with Gasteiger partial charge in [-0.05, 0) is 73.3 Å². The van der Waals surface area contributed by atoms with E-state index in [-0.39, 0.29) is 11.3 Å². The first-order chi connectivity index (χ1) is 17.5. The van der Waals surface area contributed by atoms with Crippen LogP contribution in [-0.2, 0) is 6.42 Å². The molecular formula is C30H40N4O2. The molecule has 0 unspecified atom stereocenters. The van der Waals surface area contributed by atoms with Crippen molar-refractivity contribution in [3.05, 3.63) is 59.9 Å². The molecule has 2 aliphatic rings. The number of amides is 1. The van der Waals surface area contributed by atoms with Gasteiger partial charge in [0, 0.05) is 38.3 Å². The summed E-state index contributed by atoms with van der Waals surface area (Å²) in [4.78, 5) is 25.4. The molecule has 1 spiro atoms. The highest BCUT2D eigenvalue weighted by Gasteiger charge is 2.37. The molecule has 0 atom stereocenters. The number of likely N-dealkylation sites (tertiary alicyclic amines) is 1. The molecule has 1 saturated heterocycles. The molecule has 3 aromatic rings. The summed E-state index contributed by atoms with van der Waals surface area (Å²) < 4.78 is 6.27. The van der Waals surface area contributed by atoms with Gasteiger partial charge in [0.25, 0.3) is 5.91 Å². The minimum atomic E-state index is 0.138. The molecule has 2 aromatic carbocycles. The molecule has 3 heterocycles. The summed E-state index contributed by atoms with van der Waals surface area (Å²) in [5, 5.41) is 0. The van der Waals surface area contributed by atoms with Crippen LogP contribution in [0.5, 0.6) is 5.75 Å². The van der Waals surface area contributed by atoms with Crippen LogP contribution in [0.3, 0.4) is 0 Å². The molecule has 5 rings (SSSR count). The van der Waals surface area contributed by atoms with Crippen LogP contribution in [0.2, 0.25) is 0 Å². The van der Waals surface area contributed by atoms with E-state index < -0.39 is 0 Å². The van der Waals surface area contributed by atoms with Gasteiger partial charge in [-0.3, -0.25) is 9.69 Å². The number of ether oxygens (including phenoxy) is 1. The van der Waals surface area contributed by atoms with E-state index in [0.717, 1.165) is 80.9 Å². The largest absolute Gasteiger partial charge is 0.492 e. The number of H-pyrrole nitrogens is 1. The number of carbonyl (C=O) groups is 1. The average Bonchev–Trinajstić information content (AvgIpc) is 3.34. The molecule has 1 amide bonds. The summed E-state index contributed by atoms with van der Waals surface area (Å²) in [6, 6.07) is 14.3. The highest BCUT2D eigenvalue weighted by molar-refractivity contribution is 5.97. The second-order valence-electron chi connectivity index (χ2n) is 11.2. The number of aromatic amines is 1. The van der Waals surface area contributed by atoms with E-state index >= 15 is 0 Å². The molecule has 6 heteroatoms. The normalized spacial score (nSPS) is 19.5. The van der Waals surface area contributed by atoms with Crippen molar-refractivity contribution in [2.24, 2.45) is 11.3 Å². The highest BCUT2D eigenvalue weighted by Crippen LogP contribution is 2.39. The van der Waals surface area contributed by atoms with Crippen LogP contribution in [0.15, 0.2) is 48.8 Å². The smallest absolute Gasteiger partial charge is 0.253 e. The molecule has 1 N–H and O–H groups in total. The number of aromatic nitrogens is 2. The van der Waals surface area contributed by atoms with E-state index in [2.05, 4.69) is 57.9 Å². The van der Waals surface area contributed by atoms with Crippen molar-refractivity contribution in [1.82, 2.24) is 19.8 Å². The van der Waals surface area contributed by atoms with Crippen molar-refractivity contribution in [2.45, 2.75) is 52.4 Å². The van der Waals surface area contributed by atoms with Crippen molar-refractivity contribution in [3.8, 4) is 5.75 Å². The number of carbonyl (C=O) groups excluding carboxylic acids is 1. The maximum Gasteiger partial charge on any atom is 0.253 e. The molecule has 0 bridgehead atoms. The summed E-state index contributed by atoms with van der Waals surface area (Å²) in [6.07, 6.45) is 8.51. The summed E-state index contributed by atoms with van der Waals surface area (Å²) in [6.45, 7) is 10.1. The average molecular weight is 489 g/mol. The van der Waals surface area contributed by atoms with Gasteiger partial charge in [-0.15, -0.1) is 0 Å². The van der Waals surface area contributed by atoms with E-state index in [1.54, 1.807) is 6.33 Å². The van der Waals surface area contributed by atoms with E-state index in [4.69, 9.17) is 4.74 Å².